The first-order valence-corrected chi connectivity index (χ1v) is 11.1. The summed E-state index contributed by atoms with van der Waals surface area (Å²) in [7, 11) is -1.65. The summed E-state index contributed by atoms with van der Waals surface area (Å²) in [5.41, 5.74) is 4.11. The summed E-state index contributed by atoms with van der Waals surface area (Å²) >= 11 is 0. The Balaban J connectivity index is 1.51. The van der Waals surface area contributed by atoms with Crippen molar-refractivity contribution in [2.24, 2.45) is 0 Å². The van der Waals surface area contributed by atoms with Crippen LogP contribution in [0.4, 0.5) is 5.69 Å². The molecule has 0 saturated carbocycles. The number of amides is 1. The fourth-order valence-corrected chi connectivity index (χ4v) is 4.48. The van der Waals surface area contributed by atoms with Crippen molar-refractivity contribution >= 4 is 32.6 Å². The molecule has 8 heteroatoms. The molecule has 1 aliphatic heterocycles. The van der Waals surface area contributed by atoms with Crippen LogP contribution in [0.2, 0.25) is 0 Å². The molecule has 0 radical (unpaired) electrons. The van der Waals surface area contributed by atoms with Gasteiger partial charge in [0.15, 0.2) is 0 Å². The zero-order chi connectivity index (χ0) is 20.6. The lowest BCUT2D eigenvalue weighted by molar-refractivity contribution is -0.115. The van der Waals surface area contributed by atoms with Gasteiger partial charge in [0.1, 0.15) is 11.3 Å². The van der Waals surface area contributed by atoms with Gasteiger partial charge in [-0.25, -0.2) is 8.42 Å². The fourth-order valence-electron chi connectivity index (χ4n) is 3.68. The van der Waals surface area contributed by atoms with Gasteiger partial charge in [-0.05, 0) is 35.7 Å². The molecule has 2 aromatic carbocycles. The zero-order valence-corrected chi connectivity index (χ0v) is 17.1. The first-order valence-electron chi connectivity index (χ1n) is 9.25. The third-order valence-electron chi connectivity index (χ3n) is 5.19. The zero-order valence-electron chi connectivity index (χ0n) is 16.3. The lowest BCUT2D eigenvalue weighted by Gasteiger charge is -2.28. The first-order chi connectivity index (χ1) is 13.8. The van der Waals surface area contributed by atoms with Crippen molar-refractivity contribution in [3.63, 3.8) is 0 Å². The number of methoxy groups -OCH3 is 1. The van der Waals surface area contributed by atoms with E-state index in [-0.39, 0.29) is 12.3 Å². The smallest absolute Gasteiger partial charge is 0.228 e. The van der Waals surface area contributed by atoms with Crippen LogP contribution in [-0.4, -0.2) is 38.5 Å². The van der Waals surface area contributed by atoms with Gasteiger partial charge in [-0.1, -0.05) is 12.1 Å². The topological polar surface area (TPSA) is 88.9 Å². The first kappa shape index (κ1) is 19.5. The Morgan fingerprint density at radius 3 is 2.86 bits per heavy atom. The van der Waals surface area contributed by atoms with Gasteiger partial charge in [-0.15, -0.1) is 0 Å². The molecule has 1 N–H and O–H groups in total. The standard InChI is InChI=1S/C21H22N2O5S/c1-27-16-6-7-18-15(13-28-20(18)11-16)10-21(24)22-19-5-3-4-14-12-23(29(2,25)26)9-8-17(14)19/h3-7,11,13H,8-10,12H2,1-2H3,(H,22,24). The van der Waals surface area contributed by atoms with Gasteiger partial charge in [0, 0.05) is 35.8 Å². The number of carbonyl (C=O) groups is 1. The molecule has 0 saturated heterocycles. The third-order valence-corrected chi connectivity index (χ3v) is 6.44. The van der Waals surface area contributed by atoms with Gasteiger partial charge >= 0.3 is 0 Å². The maximum absolute atomic E-state index is 12.7. The number of nitrogens with zero attached hydrogens (tertiary/aromatic N) is 1. The largest absolute Gasteiger partial charge is 0.497 e. The van der Waals surface area contributed by atoms with Crippen LogP contribution in [0.25, 0.3) is 11.0 Å². The molecular formula is C21H22N2O5S. The van der Waals surface area contributed by atoms with Gasteiger partial charge in [-0.3, -0.25) is 4.79 Å². The van der Waals surface area contributed by atoms with Crippen molar-refractivity contribution in [3.05, 3.63) is 59.4 Å². The van der Waals surface area contributed by atoms with Crippen LogP contribution in [-0.2, 0) is 34.2 Å². The second kappa shape index (κ2) is 7.53. The number of hydrogen-bond donors (Lipinski definition) is 1. The fraction of sp³-hybridized carbons (Fsp3) is 0.286. The Labute approximate surface area is 169 Å². The average Bonchev–Trinajstić information content (AvgIpc) is 3.09. The number of nitrogens with one attached hydrogen (secondary N) is 1. The van der Waals surface area contributed by atoms with Gasteiger partial charge in [0.2, 0.25) is 15.9 Å². The van der Waals surface area contributed by atoms with Crippen molar-refractivity contribution in [1.82, 2.24) is 4.31 Å². The molecular weight excluding hydrogens is 392 g/mol. The van der Waals surface area contributed by atoms with E-state index in [4.69, 9.17) is 9.15 Å². The van der Waals surface area contributed by atoms with E-state index >= 15 is 0 Å². The summed E-state index contributed by atoms with van der Waals surface area (Å²) in [6.45, 7) is 0.735. The molecule has 1 aliphatic rings. The summed E-state index contributed by atoms with van der Waals surface area (Å²) in [4.78, 5) is 12.7. The number of hydrogen-bond acceptors (Lipinski definition) is 5. The summed E-state index contributed by atoms with van der Waals surface area (Å²) in [5.74, 6) is 0.546. The van der Waals surface area contributed by atoms with Crippen molar-refractivity contribution < 1.29 is 22.4 Å². The number of carbonyl (C=O) groups excluding carboxylic acids is 1. The van der Waals surface area contributed by atoms with Crippen LogP contribution in [0, 0.1) is 0 Å². The molecule has 0 bridgehead atoms. The Bertz CT molecular complexity index is 1180. The number of sulfonamides is 1. The highest BCUT2D eigenvalue weighted by Gasteiger charge is 2.25. The summed E-state index contributed by atoms with van der Waals surface area (Å²) in [6.07, 6.45) is 3.55. The molecule has 0 spiro atoms. The van der Waals surface area contributed by atoms with E-state index < -0.39 is 10.0 Å². The van der Waals surface area contributed by atoms with E-state index in [1.165, 1.54) is 10.6 Å². The highest BCUT2D eigenvalue weighted by atomic mass is 32.2. The van der Waals surface area contributed by atoms with Crippen molar-refractivity contribution in [2.45, 2.75) is 19.4 Å². The van der Waals surface area contributed by atoms with Gasteiger partial charge in [0.05, 0.1) is 26.0 Å². The molecule has 29 heavy (non-hydrogen) atoms. The Morgan fingerprint density at radius 2 is 2.10 bits per heavy atom. The predicted octanol–water partition coefficient (Wildman–Crippen LogP) is 2.94. The Hall–Kier alpha value is -2.84. The highest BCUT2D eigenvalue weighted by molar-refractivity contribution is 7.88. The number of benzene rings is 2. The summed E-state index contributed by atoms with van der Waals surface area (Å²) in [5, 5.41) is 3.85. The van der Waals surface area contributed by atoms with Gasteiger partial charge in [-0.2, -0.15) is 4.31 Å². The second-order valence-corrected chi connectivity index (χ2v) is 9.12. The molecule has 1 amide bonds. The SMILES string of the molecule is COc1ccc2c(CC(=O)Nc3cccc4c3CCN(S(C)(=O)=O)C4)coc2c1. The molecule has 152 valence electrons. The van der Waals surface area contributed by atoms with Crippen LogP contribution >= 0.6 is 0 Å². The average molecular weight is 414 g/mol. The quantitative estimate of drug-likeness (QED) is 0.693. The van der Waals surface area contributed by atoms with Crippen molar-refractivity contribution in [2.75, 3.05) is 25.2 Å². The number of furan rings is 1. The van der Waals surface area contributed by atoms with E-state index in [0.29, 0.717) is 30.8 Å². The molecule has 0 fully saturated rings. The van der Waals surface area contributed by atoms with Gasteiger partial charge in [0.25, 0.3) is 0 Å². The number of anilines is 1. The van der Waals surface area contributed by atoms with E-state index in [2.05, 4.69) is 5.32 Å². The number of ether oxygens (including phenoxy) is 1. The normalized spacial score (nSPS) is 14.6. The Morgan fingerprint density at radius 1 is 1.28 bits per heavy atom. The van der Waals surface area contributed by atoms with Crippen molar-refractivity contribution in [3.8, 4) is 5.75 Å². The van der Waals surface area contributed by atoms with E-state index in [0.717, 1.165) is 27.8 Å². The van der Waals surface area contributed by atoms with Crippen LogP contribution in [0.15, 0.2) is 47.1 Å². The molecule has 4 rings (SSSR count). The molecule has 2 heterocycles. The van der Waals surface area contributed by atoms with Crippen LogP contribution in [0.5, 0.6) is 5.75 Å². The molecule has 7 nitrogen and oxygen atoms in total. The maximum atomic E-state index is 12.7. The predicted molar refractivity (Wildman–Crippen MR) is 110 cm³/mol. The minimum absolute atomic E-state index is 0.150. The molecule has 0 atom stereocenters. The molecule has 1 aromatic heterocycles. The molecule has 0 aliphatic carbocycles. The third kappa shape index (κ3) is 3.99. The van der Waals surface area contributed by atoms with Crippen LogP contribution in [0.3, 0.4) is 0 Å². The van der Waals surface area contributed by atoms with Crippen LogP contribution in [0.1, 0.15) is 16.7 Å². The summed E-state index contributed by atoms with van der Waals surface area (Å²) < 4.78 is 35.8. The monoisotopic (exact) mass is 414 g/mol. The highest BCUT2D eigenvalue weighted by Crippen LogP contribution is 2.29. The number of fused-ring (bicyclic) bond motifs is 2. The van der Waals surface area contributed by atoms with E-state index in [9.17, 15) is 13.2 Å². The minimum Gasteiger partial charge on any atom is -0.497 e. The molecule has 3 aromatic rings. The van der Waals surface area contributed by atoms with E-state index in [1.54, 1.807) is 19.4 Å². The number of rotatable bonds is 5. The second-order valence-electron chi connectivity index (χ2n) is 7.14. The lowest BCUT2D eigenvalue weighted by Crippen LogP contribution is -2.35. The molecule has 0 unspecified atom stereocenters. The Kier molecular flexibility index (Phi) is 5.06. The lowest BCUT2D eigenvalue weighted by atomic mass is 9.99. The van der Waals surface area contributed by atoms with Crippen molar-refractivity contribution in [1.29, 1.82) is 0 Å². The van der Waals surface area contributed by atoms with Crippen LogP contribution < -0.4 is 10.1 Å². The summed E-state index contributed by atoms with van der Waals surface area (Å²) in [6, 6.07) is 11.1. The van der Waals surface area contributed by atoms with Gasteiger partial charge < -0.3 is 14.5 Å². The maximum Gasteiger partial charge on any atom is 0.228 e. The minimum atomic E-state index is -3.24. The van der Waals surface area contributed by atoms with E-state index in [1.807, 2.05) is 30.3 Å².